The third-order valence-corrected chi connectivity index (χ3v) is 4.54. The molecule has 0 saturated heterocycles. The summed E-state index contributed by atoms with van der Waals surface area (Å²) in [6.07, 6.45) is 1.63. The van der Waals surface area contributed by atoms with Crippen molar-refractivity contribution in [1.82, 2.24) is 4.98 Å². The molecule has 0 aromatic carbocycles. The number of aromatic nitrogens is 1. The van der Waals surface area contributed by atoms with Gasteiger partial charge in [-0.25, -0.2) is 13.4 Å². The Kier molecular flexibility index (Phi) is 4.27. The maximum absolute atomic E-state index is 11.9. The molecular formula is C10H11ClN2O2S. The van der Waals surface area contributed by atoms with Crippen molar-refractivity contribution in [2.75, 3.05) is 5.88 Å². The zero-order valence-corrected chi connectivity index (χ0v) is 10.3. The molecule has 0 amide bonds. The van der Waals surface area contributed by atoms with E-state index >= 15 is 0 Å². The minimum absolute atomic E-state index is 0.0101. The molecule has 0 N–H and O–H groups in total. The van der Waals surface area contributed by atoms with Crippen LogP contribution in [0.15, 0.2) is 23.4 Å². The lowest BCUT2D eigenvalue weighted by atomic mass is 10.3. The van der Waals surface area contributed by atoms with Crippen LogP contribution in [0.4, 0.5) is 0 Å². The normalized spacial score (nSPS) is 13.1. The monoisotopic (exact) mass is 258 g/mol. The van der Waals surface area contributed by atoms with Gasteiger partial charge in [0.05, 0.1) is 10.8 Å². The molecule has 1 heterocycles. The minimum atomic E-state index is -3.43. The van der Waals surface area contributed by atoms with Crippen molar-refractivity contribution < 1.29 is 8.42 Å². The maximum Gasteiger partial charge on any atom is 0.198 e. The van der Waals surface area contributed by atoms with Gasteiger partial charge in [0.25, 0.3) is 0 Å². The van der Waals surface area contributed by atoms with E-state index in [0.29, 0.717) is 12.0 Å². The van der Waals surface area contributed by atoms with Crippen molar-refractivity contribution in [3.05, 3.63) is 23.9 Å². The molecule has 1 aromatic rings. The largest absolute Gasteiger partial charge is 0.243 e. The van der Waals surface area contributed by atoms with Crippen LogP contribution in [0, 0.1) is 11.3 Å². The van der Waals surface area contributed by atoms with E-state index in [0.717, 1.165) is 0 Å². The van der Waals surface area contributed by atoms with Gasteiger partial charge in [0, 0.05) is 12.1 Å². The molecule has 1 rings (SSSR count). The van der Waals surface area contributed by atoms with Crippen LogP contribution in [0.3, 0.4) is 0 Å². The number of halogens is 1. The van der Waals surface area contributed by atoms with E-state index in [2.05, 4.69) is 4.98 Å². The van der Waals surface area contributed by atoms with Gasteiger partial charge < -0.3 is 0 Å². The molecule has 0 aliphatic heterocycles. The number of nitrogens with zero attached hydrogens (tertiary/aromatic N) is 2. The molecule has 6 heteroatoms. The lowest BCUT2D eigenvalue weighted by molar-refractivity contribution is 0.577. The second-order valence-electron chi connectivity index (χ2n) is 3.33. The van der Waals surface area contributed by atoms with Crippen molar-refractivity contribution in [3.63, 3.8) is 0 Å². The summed E-state index contributed by atoms with van der Waals surface area (Å²) in [5.74, 6) is 0.288. The van der Waals surface area contributed by atoms with Crippen molar-refractivity contribution in [1.29, 1.82) is 5.26 Å². The van der Waals surface area contributed by atoms with E-state index in [4.69, 9.17) is 16.9 Å². The Hall–Kier alpha value is -1.12. The van der Waals surface area contributed by atoms with E-state index < -0.39 is 15.1 Å². The first-order valence-corrected chi connectivity index (χ1v) is 6.76. The molecule has 16 heavy (non-hydrogen) atoms. The van der Waals surface area contributed by atoms with Gasteiger partial charge in [0.1, 0.15) is 6.07 Å². The number of sulfone groups is 1. The third-order valence-electron chi connectivity index (χ3n) is 2.20. The van der Waals surface area contributed by atoms with Crippen molar-refractivity contribution in [3.8, 4) is 6.07 Å². The Bertz CT molecular complexity index is 491. The Balaban J connectivity index is 3.04. The number of hydrogen-bond acceptors (Lipinski definition) is 4. The van der Waals surface area contributed by atoms with Gasteiger partial charge in [-0.15, -0.1) is 11.6 Å². The lowest BCUT2D eigenvalue weighted by Gasteiger charge is -2.10. The summed E-state index contributed by atoms with van der Waals surface area (Å²) < 4.78 is 23.8. The van der Waals surface area contributed by atoms with Crippen LogP contribution in [-0.2, 0) is 9.84 Å². The number of nitriles is 1. The molecule has 1 unspecified atom stereocenters. The van der Waals surface area contributed by atoms with Gasteiger partial charge in [-0.1, -0.05) is 0 Å². The summed E-state index contributed by atoms with van der Waals surface area (Å²) in [4.78, 5) is 3.77. The second kappa shape index (κ2) is 5.28. The predicted octanol–water partition coefficient (Wildman–Crippen LogP) is 1.74. The molecule has 0 spiro atoms. The van der Waals surface area contributed by atoms with Crippen molar-refractivity contribution in [2.24, 2.45) is 0 Å². The number of pyridine rings is 1. The maximum atomic E-state index is 11.9. The van der Waals surface area contributed by atoms with Gasteiger partial charge in [0.15, 0.2) is 14.9 Å². The van der Waals surface area contributed by atoms with Gasteiger partial charge in [0.2, 0.25) is 0 Å². The molecule has 4 nitrogen and oxygen atoms in total. The lowest BCUT2D eigenvalue weighted by Crippen LogP contribution is -2.19. The summed E-state index contributed by atoms with van der Waals surface area (Å²) in [6.45, 7) is 1.59. The zero-order chi connectivity index (χ0) is 12.2. The highest BCUT2D eigenvalue weighted by Gasteiger charge is 2.23. The number of hydrogen-bond donors (Lipinski definition) is 0. The van der Waals surface area contributed by atoms with Gasteiger partial charge in [-0.05, 0) is 25.5 Å². The average Bonchev–Trinajstić information content (AvgIpc) is 2.29. The van der Waals surface area contributed by atoms with Crippen LogP contribution in [0.2, 0.25) is 0 Å². The molecule has 0 bridgehead atoms. The highest BCUT2D eigenvalue weighted by atomic mass is 35.5. The second-order valence-corrected chi connectivity index (χ2v) is 6.02. The summed E-state index contributed by atoms with van der Waals surface area (Å²) in [5, 5.41) is 7.99. The average molecular weight is 259 g/mol. The van der Waals surface area contributed by atoms with Crippen LogP contribution in [-0.4, -0.2) is 24.5 Å². The predicted molar refractivity (Wildman–Crippen MR) is 60.9 cm³/mol. The standard InChI is InChI=1S/C10H11ClN2O2S/c1-8(4-5-11)16(14,15)10-3-2-9(6-12)7-13-10/h2-3,7-8H,4-5H2,1H3. The summed E-state index contributed by atoms with van der Waals surface area (Å²) in [6, 6.07) is 4.67. The Morgan fingerprint density at radius 1 is 1.56 bits per heavy atom. The van der Waals surface area contributed by atoms with E-state index in [1.54, 1.807) is 6.92 Å². The molecule has 86 valence electrons. The first-order valence-electron chi connectivity index (χ1n) is 4.68. The highest BCUT2D eigenvalue weighted by molar-refractivity contribution is 7.92. The fraction of sp³-hybridized carbons (Fsp3) is 0.400. The smallest absolute Gasteiger partial charge is 0.198 e. The molecule has 0 aliphatic rings. The van der Waals surface area contributed by atoms with Crippen LogP contribution in [0.1, 0.15) is 18.9 Å². The van der Waals surface area contributed by atoms with Gasteiger partial charge in [-0.2, -0.15) is 5.26 Å². The zero-order valence-electron chi connectivity index (χ0n) is 8.72. The quantitative estimate of drug-likeness (QED) is 0.772. The Labute approximate surface area is 99.8 Å². The molecular weight excluding hydrogens is 248 g/mol. The first-order chi connectivity index (χ1) is 7.52. The molecule has 0 saturated carbocycles. The van der Waals surface area contributed by atoms with Crippen LogP contribution in [0.25, 0.3) is 0 Å². The SMILES string of the molecule is CC(CCCl)S(=O)(=O)c1ccc(C#N)cn1. The van der Waals surface area contributed by atoms with Gasteiger partial charge >= 0.3 is 0 Å². The Morgan fingerprint density at radius 2 is 2.25 bits per heavy atom. The highest BCUT2D eigenvalue weighted by Crippen LogP contribution is 2.16. The minimum Gasteiger partial charge on any atom is -0.243 e. The third kappa shape index (κ3) is 2.71. The first kappa shape index (κ1) is 12.9. The van der Waals surface area contributed by atoms with Crippen LogP contribution in [0.5, 0.6) is 0 Å². The molecule has 0 aliphatic carbocycles. The molecule has 0 fully saturated rings. The summed E-state index contributed by atoms with van der Waals surface area (Å²) >= 11 is 5.51. The molecule has 0 radical (unpaired) electrons. The topological polar surface area (TPSA) is 70.8 Å². The molecule has 1 atom stereocenters. The Morgan fingerprint density at radius 3 is 2.69 bits per heavy atom. The van der Waals surface area contributed by atoms with E-state index in [1.807, 2.05) is 6.07 Å². The van der Waals surface area contributed by atoms with Crippen molar-refractivity contribution >= 4 is 21.4 Å². The van der Waals surface area contributed by atoms with E-state index in [-0.39, 0.29) is 10.9 Å². The summed E-state index contributed by atoms with van der Waals surface area (Å²) in [5.41, 5.74) is 0.337. The van der Waals surface area contributed by atoms with Gasteiger partial charge in [-0.3, -0.25) is 0 Å². The fourth-order valence-electron chi connectivity index (χ4n) is 1.13. The van der Waals surface area contributed by atoms with Crippen LogP contribution < -0.4 is 0 Å². The van der Waals surface area contributed by atoms with Crippen LogP contribution >= 0.6 is 11.6 Å². The molecule has 1 aromatic heterocycles. The number of rotatable bonds is 4. The van der Waals surface area contributed by atoms with Crippen molar-refractivity contribution in [2.45, 2.75) is 23.6 Å². The van der Waals surface area contributed by atoms with E-state index in [9.17, 15) is 8.42 Å². The number of alkyl halides is 1. The summed E-state index contributed by atoms with van der Waals surface area (Å²) in [7, 11) is -3.43. The fourth-order valence-corrected chi connectivity index (χ4v) is 2.88. The van der Waals surface area contributed by atoms with E-state index in [1.165, 1.54) is 18.3 Å².